The Morgan fingerprint density at radius 1 is 1.30 bits per heavy atom. The van der Waals surface area contributed by atoms with Crippen LogP contribution in [0.25, 0.3) is 0 Å². The minimum Gasteiger partial charge on any atom is -0.369 e. The van der Waals surface area contributed by atoms with E-state index in [2.05, 4.69) is 44.9 Å². The maximum atomic E-state index is 5.52. The summed E-state index contributed by atoms with van der Waals surface area (Å²) in [5.74, 6) is 8.04. The Kier molecular flexibility index (Phi) is 4.86. The third-order valence-electron chi connectivity index (χ3n) is 2.97. The van der Waals surface area contributed by atoms with Crippen molar-refractivity contribution in [1.29, 1.82) is 0 Å². The van der Waals surface area contributed by atoms with E-state index in [4.69, 9.17) is 5.84 Å². The zero-order chi connectivity index (χ0) is 14.5. The highest BCUT2D eigenvalue weighted by atomic mass is 32.1. The van der Waals surface area contributed by atoms with Gasteiger partial charge in [-0.1, -0.05) is 13.8 Å². The molecule has 0 aliphatic carbocycles. The minimum atomic E-state index is 0.252. The van der Waals surface area contributed by atoms with Crippen LogP contribution in [-0.4, -0.2) is 21.5 Å². The van der Waals surface area contributed by atoms with Gasteiger partial charge in [0.25, 0.3) is 0 Å². The van der Waals surface area contributed by atoms with E-state index in [1.54, 1.807) is 11.3 Å². The van der Waals surface area contributed by atoms with Gasteiger partial charge in [-0.05, 0) is 6.92 Å². The van der Waals surface area contributed by atoms with E-state index in [0.717, 1.165) is 35.9 Å². The molecule has 0 radical (unpaired) electrons. The molecule has 0 spiro atoms. The minimum absolute atomic E-state index is 0.252. The molecule has 0 unspecified atom stereocenters. The van der Waals surface area contributed by atoms with Crippen molar-refractivity contribution in [3.63, 3.8) is 0 Å². The molecule has 0 atom stereocenters. The first-order valence-electron chi connectivity index (χ1n) is 6.58. The van der Waals surface area contributed by atoms with Crippen LogP contribution in [0.15, 0.2) is 10.9 Å². The summed E-state index contributed by atoms with van der Waals surface area (Å²) in [4.78, 5) is 13.2. The fraction of sp³-hybridized carbons (Fsp3) is 0.462. The number of nitrogens with one attached hydrogen (secondary N) is 2. The molecule has 2 aromatic heterocycles. The van der Waals surface area contributed by atoms with Gasteiger partial charge in [0.15, 0.2) is 0 Å². The van der Waals surface area contributed by atoms with Crippen LogP contribution < -0.4 is 16.6 Å². The number of anilines is 2. The summed E-state index contributed by atoms with van der Waals surface area (Å²) >= 11 is 1.61. The molecule has 2 heterocycles. The smallest absolute Gasteiger partial charge is 0.148 e. The van der Waals surface area contributed by atoms with Crippen LogP contribution in [0.2, 0.25) is 0 Å². The molecule has 0 saturated heterocycles. The molecule has 0 aromatic carbocycles. The van der Waals surface area contributed by atoms with Crippen molar-refractivity contribution >= 4 is 23.0 Å². The first-order chi connectivity index (χ1) is 9.61. The Balaban J connectivity index is 2.11. The Morgan fingerprint density at radius 2 is 2.05 bits per heavy atom. The normalized spacial score (nSPS) is 10.8. The van der Waals surface area contributed by atoms with Crippen molar-refractivity contribution in [2.24, 2.45) is 5.84 Å². The van der Waals surface area contributed by atoms with Gasteiger partial charge in [0, 0.05) is 29.8 Å². The lowest BCUT2D eigenvalue weighted by atomic mass is 10.2. The van der Waals surface area contributed by atoms with Crippen LogP contribution in [0.3, 0.4) is 0 Å². The molecule has 0 bridgehead atoms. The second-order valence-corrected chi connectivity index (χ2v) is 5.58. The average molecular weight is 292 g/mol. The molecule has 0 amide bonds. The molecule has 0 aliphatic rings. The van der Waals surface area contributed by atoms with Gasteiger partial charge in [0.2, 0.25) is 0 Å². The van der Waals surface area contributed by atoms with Gasteiger partial charge >= 0.3 is 0 Å². The predicted molar refractivity (Wildman–Crippen MR) is 83.0 cm³/mol. The average Bonchev–Trinajstić information content (AvgIpc) is 2.93. The Labute approximate surface area is 122 Å². The van der Waals surface area contributed by atoms with Gasteiger partial charge in [0.1, 0.15) is 17.5 Å². The standard InChI is InChI=1S/C13H20N6S/c1-8(2)11-17-12(9(3)13(18-11)19-14)15-5-4-10-6-20-7-16-10/h6-8H,4-5,14H2,1-3H3,(H2,15,17,18,19). The molecule has 0 fully saturated rings. The van der Waals surface area contributed by atoms with E-state index in [9.17, 15) is 0 Å². The number of nitrogens with two attached hydrogens (primary N) is 1. The van der Waals surface area contributed by atoms with Crippen LogP contribution in [0.5, 0.6) is 0 Å². The summed E-state index contributed by atoms with van der Waals surface area (Å²) in [6, 6.07) is 0. The molecule has 4 N–H and O–H groups in total. The number of hydrogen-bond acceptors (Lipinski definition) is 7. The topological polar surface area (TPSA) is 88.8 Å². The third-order valence-corrected chi connectivity index (χ3v) is 3.61. The van der Waals surface area contributed by atoms with Crippen LogP contribution in [0, 0.1) is 6.92 Å². The Bertz CT molecular complexity index is 552. The largest absolute Gasteiger partial charge is 0.369 e. The van der Waals surface area contributed by atoms with E-state index in [1.165, 1.54) is 0 Å². The number of hydrogen-bond donors (Lipinski definition) is 3. The highest BCUT2D eigenvalue weighted by molar-refractivity contribution is 7.07. The second kappa shape index (κ2) is 6.62. The fourth-order valence-electron chi connectivity index (χ4n) is 1.77. The lowest BCUT2D eigenvalue weighted by molar-refractivity contribution is 0.772. The lowest BCUT2D eigenvalue weighted by Crippen LogP contribution is -2.16. The molecule has 0 saturated carbocycles. The lowest BCUT2D eigenvalue weighted by Gasteiger charge is -2.14. The van der Waals surface area contributed by atoms with E-state index in [0.29, 0.717) is 5.82 Å². The van der Waals surface area contributed by atoms with Crippen molar-refractivity contribution in [2.45, 2.75) is 33.1 Å². The summed E-state index contributed by atoms with van der Waals surface area (Å²) in [5.41, 5.74) is 6.50. The molecule has 2 rings (SSSR count). The van der Waals surface area contributed by atoms with E-state index in [-0.39, 0.29) is 5.92 Å². The molecule has 20 heavy (non-hydrogen) atoms. The van der Waals surface area contributed by atoms with Gasteiger partial charge in [-0.2, -0.15) is 0 Å². The second-order valence-electron chi connectivity index (χ2n) is 4.86. The third kappa shape index (κ3) is 3.43. The number of aromatic nitrogens is 3. The van der Waals surface area contributed by atoms with Crippen molar-refractivity contribution < 1.29 is 0 Å². The van der Waals surface area contributed by atoms with Crippen LogP contribution >= 0.6 is 11.3 Å². The van der Waals surface area contributed by atoms with Crippen molar-refractivity contribution in [2.75, 3.05) is 17.3 Å². The number of nitrogens with zero attached hydrogens (tertiary/aromatic N) is 3. The highest BCUT2D eigenvalue weighted by Gasteiger charge is 2.12. The van der Waals surface area contributed by atoms with Crippen molar-refractivity contribution in [1.82, 2.24) is 15.0 Å². The van der Waals surface area contributed by atoms with Crippen LogP contribution in [0.4, 0.5) is 11.6 Å². The maximum absolute atomic E-state index is 5.52. The summed E-state index contributed by atoms with van der Waals surface area (Å²) in [6.45, 7) is 6.85. The Morgan fingerprint density at radius 3 is 2.65 bits per heavy atom. The molecule has 108 valence electrons. The van der Waals surface area contributed by atoms with Crippen molar-refractivity contribution in [3.8, 4) is 0 Å². The first-order valence-corrected chi connectivity index (χ1v) is 7.52. The molecular formula is C13H20N6S. The maximum Gasteiger partial charge on any atom is 0.148 e. The summed E-state index contributed by atoms with van der Waals surface area (Å²) < 4.78 is 0. The van der Waals surface area contributed by atoms with E-state index >= 15 is 0 Å². The number of nitrogen functional groups attached to an aromatic ring is 1. The SMILES string of the molecule is Cc1c(NN)nc(C(C)C)nc1NCCc1cscn1. The first kappa shape index (κ1) is 14.7. The monoisotopic (exact) mass is 292 g/mol. The zero-order valence-electron chi connectivity index (χ0n) is 12.0. The summed E-state index contributed by atoms with van der Waals surface area (Å²) in [7, 11) is 0. The number of thiazole rings is 1. The predicted octanol–water partition coefficient (Wildman–Crippen LogP) is 2.31. The van der Waals surface area contributed by atoms with Gasteiger partial charge in [-0.15, -0.1) is 11.3 Å². The summed E-state index contributed by atoms with van der Waals surface area (Å²) in [6.07, 6.45) is 0.870. The zero-order valence-corrected chi connectivity index (χ0v) is 12.8. The highest BCUT2D eigenvalue weighted by Crippen LogP contribution is 2.22. The quantitative estimate of drug-likeness (QED) is 0.559. The number of hydrazine groups is 1. The van der Waals surface area contributed by atoms with E-state index in [1.807, 2.05) is 12.4 Å². The van der Waals surface area contributed by atoms with Gasteiger partial charge in [0.05, 0.1) is 11.2 Å². The molecule has 7 heteroatoms. The van der Waals surface area contributed by atoms with Gasteiger partial charge in [-0.3, -0.25) is 0 Å². The molecular weight excluding hydrogens is 272 g/mol. The van der Waals surface area contributed by atoms with Crippen LogP contribution in [0.1, 0.15) is 36.8 Å². The molecule has 0 aliphatic heterocycles. The molecule has 2 aromatic rings. The van der Waals surface area contributed by atoms with E-state index < -0.39 is 0 Å². The van der Waals surface area contributed by atoms with Crippen molar-refractivity contribution in [3.05, 3.63) is 28.0 Å². The fourth-order valence-corrected chi connectivity index (χ4v) is 2.37. The molecule has 6 nitrogen and oxygen atoms in total. The summed E-state index contributed by atoms with van der Waals surface area (Å²) in [5, 5.41) is 5.40. The van der Waals surface area contributed by atoms with Gasteiger partial charge in [-0.25, -0.2) is 20.8 Å². The van der Waals surface area contributed by atoms with Gasteiger partial charge < -0.3 is 10.7 Å². The number of rotatable bonds is 6. The van der Waals surface area contributed by atoms with Crippen LogP contribution in [-0.2, 0) is 6.42 Å². The Hall–Kier alpha value is -1.73.